The molecule has 0 aliphatic carbocycles. The fourth-order valence-corrected chi connectivity index (χ4v) is 1.01. The van der Waals surface area contributed by atoms with Gasteiger partial charge in [0.25, 0.3) is 0 Å². The van der Waals surface area contributed by atoms with E-state index in [1.54, 1.807) is 13.0 Å². The van der Waals surface area contributed by atoms with Gasteiger partial charge in [-0.3, -0.25) is 0 Å². The third-order valence-corrected chi connectivity index (χ3v) is 1.74. The first-order chi connectivity index (χ1) is 6.24. The van der Waals surface area contributed by atoms with Crippen LogP contribution in [0.2, 0.25) is 0 Å². The normalized spacial score (nSPS) is 8.85. The lowest BCUT2D eigenvalue weighted by atomic mass is 10.2. The number of halogens is 1. The molecule has 0 fully saturated rings. The van der Waals surface area contributed by atoms with Crippen LogP contribution in [0.5, 0.6) is 0 Å². The van der Waals surface area contributed by atoms with Gasteiger partial charge < -0.3 is 5.32 Å². The van der Waals surface area contributed by atoms with Crippen LogP contribution < -0.4 is 5.32 Å². The summed E-state index contributed by atoms with van der Waals surface area (Å²) >= 11 is 0. The number of anilines is 1. The van der Waals surface area contributed by atoms with Gasteiger partial charge in [0.05, 0.1) is 6.54 Å². The SMILES string of the molecule is CC#CCNc1cc(F)ccc1C. The van der Waals surface area contributed by atoms with Gasteiger partial charge in [-0.2, -0.15) is 0 Å². The minimum absolute atomic E-state index is 0.224. The molecule has 1 nitrogen and oxygen atoms in total. The van der Waals surface area contributed by atoms with Crippen molar-refractivity contribution in [3.8, 4) is 11.8 Å². The Labute approximate surface area is 78.0 Å². The van der Waals surface area contributed by atoms with Crippen LogP contribution in [0.15, 0.2) is 18.2 Å². The summed E-state index contributed by atoms with van der Waals surface area (Å²) in [6, 6.07) is 4.68. The maximum atomic E-state index is 12.8. The van der Waals surface area contributed by atoms with Gasteiger partial charge in [-0.05, 0) is 31.5 Å². The largest absolute Gasteiger partial charge is 0.374 e. The fraction of sp³-hybridized carbons (Fsp3) is 0.273. The summed E-state index contributed by atoms with van der Waals surface area (Å²) in [5.41, 5.74) is 1.84. The van der Waals surface area contributed by atoms with Gasteiger partial charge in [-0.1, -0.05) is 12.0 Å². The molecule has 0 bridgehead atoms. The number of rotatable bonds is 2. The highest BCUT2D eigenvalue weighted by molar-refractivity contribution is 5.51. The lowest BCUT2D eigenvalue weighted by Gasteiger charge is -2.05. The molecule has 0 heterocycles. The molecule has 1 aromatic carbocycles. The molecule has 2 heteroatoms. The van der Waals surface area contributed by atoms with Crippen LogP contribution in [0.3, 0.4) is 0 Å². The average Bonchev–Trinajstić information content (AvgIpc) is 2.11. The zero-order valence-electron chi connectivity index (χ0n) is 7.82. The van der Waals surface area contributed by atoms with E-state index in [1.165, 1.54) is 12.1 Å². The molecule has 0 spiro atoms. The molecular formula is C11H12FN. The topological polar surface area (TPSA) is 12.0 Å². The predicted octanol–water partition coefficient (Wildman–Crippen LogP) is 2.57. The molecular weight excluding hydrogens is 165 g/mol. The van der Waals surface area contributed by atoms with Crippen molar-refractivity contribution < 1.29 is 4.39 Å². The van der Waals surface area contributed by atoms with Crippen LogP contribution >= 0.6 is 0 Å². The minimum Gasteiger partial charge on any atom is -0.374 e. The maximum absolute atomic E-state index is 12.8. The van der Waals surface area contributed by atoms with E-state index in [0.717, 1.165) is 11.3 Å². The molecule has 0 aromatic heterocycles. The molecule has 0 saturated heterocycles. The van der Waals surface area contributed by atoms with Gasteiger partial charge in [0.1, 0.15) is 5.82 Å². The van der Waals surface area contributed by atoms with E-state index in [2.05, 4.69) is 17.2 Å². The van der Waals surface area contributed by atoms with Crippen molar-refractivity contribution >= 4 is 5.69 Å². The van der Waals surface area contributed by atoms with Gasteiger partial charge in [0.2, 0.25) is 0 Å². The second-order valence-corrected chi connectivity index (χ2v) is 2.74. The molecule has 0 atom stereocenters. The van der Waals surface area contributed by atoms with Crippen LogP contribution in [-0.4, -0.2) is 6.54 Å². The third kappa shape index (κ3) is 2.79. The Morgan fingerprint density at radius 2 is 2.23 bits per heavy atom. The summed E-state index contributed by atoms with van der Waals surface area (Å²) < 4.78 is 12.8. The summed E-state index contributed by atoms with van der Waals surface area (Å²) in [4.78, 5) is 0. The Balaban J connectivity index is 2.73. The van der Waals surface area contributed by atoms with Gasteiger partial charge >= 0.3 is 0 Å². The molecule has 1 rings (SSSR count). The highest BCUT2D eigenvalue weighted by Gasteiger charge is 1.97. The molecule has 1 N–H and O–H groups in total. The van der Waals surface area contributed by atoms with E-state index in [0.29, 0.717) is 6.54 Å². The number of benzene rings is 1. The molecule has 0 unspecified atom stereocenters. The van der Waals surface area contributed by atoms with Crippen LogP contribution in [0.4, 0.5) is 10.1 Å². The zero-order chi connectivity index (χ0) is 9.68. The standard InChI is InChI=1S/C11H12FN/c1-3-4-7-13-11-8-10(12)6-5-9(11)2/h5-6,8,13H,7H2,1-2H3. The number of nitrogens with one attached hydrogen (secondary N) is 1. The highest BCUT2D eigenvalue weighted by atomic mass is 19.1. The van der Waals surface area contributed by atoms with Crippen LogP contribution in [0, 0.1) is 24.6 Å². The van der Waals surface area contributed by atoms with Crippen molar-refractivity contribution in [2.24, 2.45) is 0 Å². The van der Waals surface area contributed by atoms with Crippen molar-refractivity contribution in [3.63, 3.8) is 0 Å². The molecule has 0 aliphatic rings. The Hall–Kier alpha value is -1.49. The molecule has 0 amide bonds. The summed E-state index contributed by atoms with van der Waals surface area (Å²) in [5.74, 6) is 5.40. The van der Waals surface area contributed by atoms with Gasteiger partial charge in [0, 0.05) is 5.69 Å². The highest BCUT2D eigenvalue weighted by Crippen LogP contribution is 2.15. The van der Waals surface area contributed by atoms with E-state index in [1.807, 2.05) is 6.92 Å². The Morgan fingerprint density at radius 1 is 1.46 bits per heavy atom. The minimum atomic E-state index is -0.224. The first kappa shape index (κ1) is 9.60. The quantitative estimate of drug-likeness (QED) is 0.684. The third-order valence-electron chi connectivity index (χ3n) is 1.74. The summed E-state index contributed by atoms with van der Waals surface area (Å²) in [6.07, 6.45) is 0. The lowest BCUT2D eigenvalue weighted by Crippen LogP contribution is -2.00. The van der Waals surface area contributed by atoms with Crippen molar-refractivity contribution in [2.75, 3.05) is 11.9 Å². The van der Waals surface area contributed by atoms with E-state index in [9.17, 15) is 4.39 Å². The molecule has 68 valence electrons. The van der Waals surface area contributed by atoms with Crippen LogP contribution in [0.1, 0.15) is 12.5 Å². The van der Waals surface area contributed by atoms with Crippen LogP contribution in [-0.2, 0) is 0 Å². The van der Waals surface area contributed by atoms with E-state index < -0.39 is 0 Å². The summed E-state index contributed by atoms with van der Waals surface area (Å²) in [6.45, 7) is 4.27. The maximum Gasteiger partial charge on any atom is 0.125 e. The number of hydrogen-bond acceptors (Lipinski definition) is 1. The second-order valence-electron chi connectivity index (χ2n) is 2.74. The smallest absolute Gasteiger partial charge is 0.125 e. The molecule has 0 saturated carbocycles. The second kappa shape index (κ2) is 4.51. The Bertz CT molecular complexity index is 347. The first-order valence-corrected chi connectivity index (χ1v) is 4.13. The van der Waals surface area contributed by atoms with Gasteiger partial charge in [0.15, 0.2) is 0 Å². The Morgan fingerprint density at radius 3 is 2.92 bits per heavy atom. The molecule has 13 heavy (non-hydrogen) atoms. The first-order valence-electron chi connectivity index (χ1n) is 4.13. The average molecular weight is 177 g/mol. The summed E-state index contributed by atoms with van der Waals surface area (Å²) in [5, 5.41) is 3.04. The van der Waals surface area contributed by atoms with Crippen molar-refractivity contribution in [1.29, 1.82) is 0 Å². The van der Waals surface area contributed by atoms with Gasteiger partial charge in [-0.15, -0.1) is 5.92 Å². The number of aryl methyl sites for hydroxylation is 1. The van der Waals surface area contributed by atoms with Crippen molar-refractivity contribution in [2.45, 2.75) is 13.8 Å². The number of hydrogen-bond donors (Lipinski definition) is 1. The molecule has 0 radical (unpaired) electrons. The fourth-order valence-electron chi connectivity index (χ4n) is 1.01. The van der Waals surface area contributed by atoms with E-state index >= 15 is 0 Å². The van der Waals surface area contributed by atoms with Gasteiger partial charge in [-0.25, -0.2) is 4.39 Å². The van der Waals surface area contributed by atoms with E-state index in [4.69, 9.17) is 0 Å². The molecule has 0 aliphatic heterocycles. The lowest BCUT2D eigenvalue weighted by molar-refractivity contribution is 0.628. The van der Waals surface area contributed by atoms with Crippen molar-refractivity contribution in [1.82, 2.24) is 0 Å². The van der Waals surface area contributed by atoms with E-state index in [-0.39, 0.29) is 5.82 Å². The Kier molecular flexibility index (Phi) is 3.33. The summed E-state index contributed by atoms with van der Waals surface area (Å²) in [7, 11) is 0. The van der Waals surface area contributed by atoms with Crippen molar-refractivity contribution in [3.05, 3.63) is 29.6 Å². The monoisotopic (exact) mass is 177 g/mol. The molecule has 1 aromatic rings. The predicted molar refractivity (Wildman–Crippen MR) is 53.1 cm³/mol. The van der Waals surface area contributed by atoms with Crippen LogP contribution in [0.25, 0.3) is 0 Å². The zero-order valence-corrected chi connectivity index (χ0v) is 7.82.